The Balaban J connectivity index is 1.65. The third-order valence-electron chi connectivity index (χ3n) is 7.38. The highest BCUT2D eigenvalue weighted by atomic mass is 14.4. The van der Waals surface area contributed by atoms with E-state index in [-0.39, 0.29) is 0 Å². The summed E-state index contributed by atoms with van der Waals surface area (Å²) >= 11 is 0. The van der Waals surface area contributed by atoms with E-state index in [1.807, 2.05) is 0 Å². The molecule has 8 aromatic carbocycles. The molecule has 0 saturated carbocycles. The molecule has 0 bridgehead atoms. The van der Waals surface area contributed by atoms with Crippen LogP contribution in [0.5, 0.6) is 0 Å². The zero-order valence-electron chi connectivity index (χ0n) is 49.0. The van der Waals surface area contributed by atoms with E-state index < -0.39 is 245 Å². The molecule has 9 rings (SSSR count). The summed E-state index contributed by atoms with van der Waals surface area (Å²) in [5.41, 5.74) is -9.54. The van der Waals surface area contributed by atoms with E-state index in [0.29, 0.717) is 0 Å². The number of hydrogen-bond acceptors (Lipinski definition) is 0. The second-order valence-electron chi connectivity index (χ2n) is 9.50. The molecule has 1 aliphatic rings. The SMILES string of the molecule is [2H]c1c([2H])c([2H])c(C2(C([2H])([2H])[2H])c3c([2H])c([2H])c([2H])c([2H])c3-c3c([2H])c([2H])c4c([2H])c(-c5c6c([2H])c([2H])c([2H])c([2H])c6c([2H])c6c5c([2H])c([2H])c5c([2H])c([2H])c([2H])c([2H])c56)c([2H])c([2H])c4c32)c([2H])c1[2H]. The minimum absolute atomic E-state index is 0.571. The van der Waals surface area contributed by atoms with Crippen LogP contribution < -0.4 is 0 Å². The molecule has 1 unspecified atom stereocenters. The fourth-order valence-corrected chi connectivity index (χ4v) is 5.59. The molecule has 0 aliphatic heterocycles. The maximum absolute atomic E-state index is 9.94. The van der Waals surface area contributed by atoms with E-state index in [2.05, 4.69) is 0 Å². The van der Waals surface area contributed by atoms with Crippen molar-refractivity contribution in [3.8, 4) is 22.3 Å². The Labute approximate surface area is 284 Å². The zero-order valence-corrected chi connectivity index (χ0v) is 21.0. The Bertz CT molecular complexity index is 3840. The van der Waals surface area contributed by atoms with Crippen LogP contribution in [0.15, 0.2) is 151 Å². The summed E-state index contributed by atoms with van der Waals surface area (Å²) in [7, 11) is 0. The van der Waals surface area contributed by atoms with E-state index in [1.54, 1.807) is 0 Å². The quantitative estimate of drug-likeness (QED) is 0.146. The molecule has 1 atom stereocenters. The van der Waals surface area contributed by atoms with Gasteiger partial charge in [0.05, 0.1) is 34.3 Å². The first-order chi connectivity index (χ1) is 32.4. The molecule has 0 amide bonds. The Kier molecular flexibility index (Phi) is 1.83. The molecule has 196 valence electrons. The molecule has 8 aromatic rings. The Morgan fingerprint density at radius 1 is 0.476 bits per heavy atom. The smallest absolute Gasteiger partial charge is 0.0622 e. The average molecular weight is 561 g/mol. The predicted molar refractivity (Wildman–Crippen MR) is 179 cm³/mol. The third-order valence-corrected chi connectivity index (χ3v) is 7.38. The van der Waals surface area contributed by atoms with Crippen LogP contribution in [0.25, 0.3) is 65.3 Å². The molecule has 0 spiro atoms. The van der Waals surface area contributed by atoms with Gasteiger partial charge < -0.3 is 0 Å². The van der Waals surface area contributed by atoms with Crippen LogP contribution in [-0.4, -0.2) is 0 Å². The van der Waals surface area contributed by atoms with Gasteiger partial charge in [0.1, 0.15) is 0 Å². The van der Waals surface area contributed by atoms with Crippen molar-refractivity contribution in [1.29, 1.82) is 0 Å². The molecule has 0 fully saturated rings. The monoisotopic (exact) mass is 560 g/mol. The minimum atomic E-state index is -3.83. The molecule has 1 aliphatic carbocycles. The average Bonchev–Trinajstić information content (AvgIpc) is 3.63. The normalized spacial score (nSPS) is 25.5. The van der Waals surface area contributed by atoms with E-state index >= 15 is 0 Å². The van der Waals surface area contributed by atoms with Gasteiger partial charge in [0.2, 0.25) is 0 Å². The lowest BCUT2D eigenvalue weighted by molar-refractivity contribution is 0.720. The summed E-state index contributed by atoms with van der Waals surface area (Å²) in [6.07, 6.45) is 0. The lowest BCUT2D eigenvalue weighted by atomic mass is 9.73. The van der Waals surface area contributed by atoms with Crippen LogP contribution in [0.2, 0.25) is 0 Å². The molecule has 0 nitrogen and oxygen atoms in total. The molecule has 42 heavy (non-hydrogen) atoms. The summed E-state index contributed by atoms with van der Waals surface area (Å²) < 4.78 is 253. The van der Waals surface area contributed by atoms with Crippen LogP contribution in [0, 0.1) is 0 Å². The summed E-state index contributed by atoms with van der Waals surface area (Å²) in [4.78, 5) is 0. The van der Waals surface area contributed by atoms with Gasteiger partial charge in [-0.25, -0.2) is 0 Å². The fourth-order valence-electron chi connectivity index (χ4n) is 5.59. The number of fused-ring (bicyclic) bond motifs is 9. The molecule has 0 saturated heterocycles. The number of rotatable bonds is 2. The highest BCUT2D eigenvalue weighted by molar-refractivity contribution is 6.20. The zero-order chi connectivity index (χ0) is 52.1. The van der Waals surface area contributed by atoms with Gasteiger partial charge in [-0.2, -0.15) is 0 Å². The highest BCUT2D eigenvalue weighted by Crippen LogP contribution is 2.55. The van der Waals surface area contributed by atoms with Gasteiger partial charge in [0.15, 0.2) is 0 Å². The molecule has 0 N–H and O–H groups in total. The van der Waals surface area contributed by atoms with Crippen LogP contribution >= 0.6 is 0 Å². The fraction of sp³-hybridized carbons (Fsp3) is 0.0476. The maximum Gasteiger partial charge on any atom is 0.0636 e. The van der Waals surface area contributed by atoms with Crippen LogP contribution in [0.4, 0.5) is 0 Å². The third kappa shape index (κ3) is 3.12. The van der Waals surface area contributed by atoms with Crippen molar-refractivity contribution < 1.29 is 38.4 Å². The molecule has 0 heteroatoms. The molecular formula is C42H28. The van der Waals surface area contributed by atoms with E-state index in [0.717, 1.165) is 0 Å². The largest absolute Gasteiger partial charge is 0.0636 e. The van der Waals surface area contributed by atoms with Gasteiger partial charge in [-0.1, -0.05) is 139 Å². The van der Waals surface area contributed by atoms with Crippen molar-refractivity contribution >= 4 is 43.1 Å². The van der Waals surface area contributed by atoms with Gasteiger partial charge in [0, 0.05) is 9.53 Å². The van der Waals surface area contributed by atoms with Crippen LogP contribution in [0.1, 0.15) is 61.9 Å². The van der Waals surface area contributed by atoms with Crippen LogP contribution in [-0.2, 0) is 5.41 Å². The Morgan fingerprint density at radius 3 is 2.05 bits per heavy atom. The molecule has 0 heterocycles. The van der Waals surface area contributed by atoms with Gasteiger partial charge >= 0.3 is 0 Å². The van der Waals surface area contributed by atoms with E-state index in [9.17, 15) is 15.1 Å². The second-order valence-corrected chi connectivity index (χ2v) is 9.50. The summed E-state index contributed by atoms with van der Waals surface area (Å²) in [5.74, 6) is 0. The topological polar surface area (TPSA) is 0 Å². The summed E-state index contributed by atoms with van der Waals surface area (Å²) in [6.45, 7) is -3.83. The lowest BCUT2D eigenvalue weighted by Crippen LogP contribution is -2.22. The van der Waals surface area contributed by atoms with Gasteiger partial charge in [-0.15, -0.1) is 0 Å². The van der Waals surface area contributed by atoms with E-state index in [1.165, 1.54) is 0 Å². The van der Waals surface area contributed by atoms with Crippen molar-refractivity contribution in [2.75, 3.05) is 0 Å². The number of benzene rings is 8. The minimum Gasteiger partial charge on any atom is -0.0622 e. The predicted octanol–water partition coefficient (Wildman–Crippen LogP) is 11.3. The standard InChI is InChI=1S/C42H28/c1-42(31-13-3-2-4-14-31)39-18-10-9-17-35(39)37-24-20-29-25-30(21-22-34(29)41(37)42)40-33-16-8-6-12-28(33)26-38-32-15-7-5-11-27(32)19-23-36(38)40/h2-26H,1H3/i1D3,2D,3D,4D,5D,6D,7D,8D,9D,10D,11D,12D,13D,14D,15D,16D,17D,18D,19D,20D,21D,22D,23D,24D,25D,26D. The van der Waals surface area contributed by atoms with Crippen molar-refractivity contribution in [3.05, 3.63) is 168 Å². The Hall–Kier alpha value is -5.20. The first-order valence-electron chi connectivity index (χ1n) is 26.5. The first-order valence-corrected chi connectivity index (χ1v) is 12.5. The van der Waals surface area contributed by atoms with E-state index in [4.69, 9.17) is 23.3 Å². The molecule has 0 aromatic heterocycles. The van der Waals surface area contributed by atoms with Crippen molar-refractivity contribution in [1.82, 2.24) is 0 Å². The summed E-state index contributed by atoms with van der Waals surface area (Å²) in [6, 6.07) is -25.1. The van der Waals surface area contributed by atoms with Crippen LogP contribution in [0.3, 0.4) is 0 Å². The second kappa shape index (κ2) is 8.65. The van der Waals surface area contributed by atoms with Gasteiger partial charge in [-0.3, -0.25) is 0 Å². The van der Waals surface area contributed by atoms with Gasteiger partial charge in [-0.05, 0) is 101 Å². The van der Waals surface area contributed by atoms with Crippen molar-refractivity contribution in [2.45, 2.75) is 12.3 Å². The molecular weight excluding hydrogens is 504 g/mol. The Morgan fingerprint density at radius 2 is 1.17 bits per heavy atom. The molecule has 0 radical (unpaired) electrons. The van der Waals surface area contributed by atoms with Crippen molar-refractivity contribution in [2.24, 2.45) is 0 Å². The lowest BCUT2D eigenvalue weighted by Gasteiger charge is -2.29. The van der Waals surface area contributed by atoms with Crippen molar-refractivity contribution in [3.63, 3.8) is 0 Å². The highest BCUT2D eigenvalue weighted by Gasteiger charge is 2.41. The maximum atomic E-state index is 9.94. The first kappa shape index (κ1) is 8.90. The summed E-state index contributed by atoms with van der Waals surface area (Å²) in [5, 5.41) is -5.61. The van der Waals surface area contributed by atoms with Gasteiger partial charge in [0.25, 0.3) is 0 Å². The number of hydrogen-bond donors (Lipinski definition) is 0.